The molecule has 0 radical (unpaired) electrons. The molecule has 0 spiro atoms. The van der Waals surface area contributed by atoms with Crippen LogP contribution in [0.2, 0.25) is 0 Å². The van der Waals surface area contributed by atoms with Crippen molar-refractivity contribution in [3.05, 3.63) is 65.0 Å². The van der Waals surface area contributed by atoms with Crippen LogP contribution in [-0.4, -0.2) is 35.2 Å². The first-order chi connectivity index (χ1) is 16.5. The minimum atomic E-state index is -4.67. The molecule has 1 saturated heterocycles. The fourth-order valence-electron chi connectivity index (χ4n) is 4.05. The first-order valence-corrected chi connectivity index (χ1v) is 11.1. The van der Waals surface area contributed by atoms with Crippen molar-refractivity contribution >= 4 is 0 Å². The van der Waals surface area contributed by atoms with E-state index in [1.165, 1.54) is 24.3 Å². The Morgan fingerprint density at radius 3 is 2.40 bits per heavy atom. The molecule has 188 valence electrons. The molecule has 0 aliphatic carbocycles. The highest BCUT2D eigenvalue weighted by Gasteiger charge is 2.35. The second-order valence-corrected chi connectivity index (χ2v) is 8.45. The molecule has 3 aromatic rings. The fraction of sp³-hybridized carbons (Fsp3) is 0.417. The molecule has 1 atom stereocenters. The lowest BCUT2D eigenvalue weighted by atomic mass is 10.1. The van der Waals surface area contributed by atoms with Gasteiger partial charge in [0.15, 0.2) is 0 Å². The van der Waals surface area contributed by atoms with Gasteiger partial charge in [-0.1, -0.05) is 17.3 Å². The number of ether oxygens (including phenoxy) is 1. The molecule has 11 heteroatoms. The SMILES string of the molecule is CN1CCC[C@H]1c1nc(-c2ccc(OCCCc3ccc(C(F)(F)F)cc3)c(C(F)(F)F)c2)no1. The molecule has 5 nitrogen and oxygen atoms in total. The molecule has 1 aliphatic rings. The Morgan fingerprint density at radius 1 is 1.03 bits per heavy atom. The maximum atomic E-state index is 13.7. The van der Waals surface area contributed by atoms with E-state index in [9.17, 15) is 26.3 Å². The lowest BCUT2D eigenvalue weighted by Crippen LogP contribution is -2.17. The first kappa shape index (κ1) is 25.0. The standard InChI is InChI=1S/C24H23F6N3O2/c1-33-12-2-5-19(33)22-31-21(32-35-22)16-8-11-20(18(14-16)24(28,29)30)34-13-3-4-15-6-9-17(10-7-15)23(25,26)27/h6-11,14,19H,2-5,12-13H2,1H3/t19-/m0/s1. The molecule has 1 aliphatic heterocycles. The zero-order valence-electron chi connectivity index (χ0n) is 18.8. The molecule has 2 heterocycles. The van der Waals surface area contributed by atoms with Gasteiger partial charge in [-0.05, 0) is 75.2 Å². The van der Waals surface area contributed by atoms with Crippen LogP contribution in [0.15, 0.2) is 47.0 Å². The van der Waals surface area contributed by atoms with Crippen LogP contribution in [-0.2, 0) is 18.8 Å². The van der Waals surface area contributed by atoms with E-state index in [1.807, 2.05) is 7.05 Å². The predicted molar refractivity (Wildman–Crippen MR) is 115 cm³/mol. The van der Waals surface area contributed by atoms with Crippen LogP contribution in [0.1, 0.15) is 47.9 Å². The van der Waals surface area contributed by atoms with E-state index in [1.54, 1.807) is 0 Å². The molecule has 1 aromatic heterocycles. The molecule has 4 rings (SSSR count). The number of hydrogen-bond acceptors (Lipinski definition) is 5. The highest BCUT2D eigenvalue weighted by molar-refractivity contribution is 5.59. The van der Waals surface area contributed by atoms with Crippen molar-refractivity contribution in [3.63, 3.8) is 0 Å². The Bertz CT molecular complexity index is 1140. The molecule has 0 saturated carbocycles. The summed E-state index contributed by atoms with van der Waals surface area (Å²) in [5.74, 6) is 0.102. The highest BCUT2D eigenvalue weighted by atomic mass is 19.4. The number of aromatic nitrogens is 2. The van der Waals surface area contributed by atoms with Gasteiger partial charge in [-0.15, -0.1) is 0 Å². The Hall–Kier alpha value is -3.08. The summed E-state index contributed by atoms with van der Waals surface area (Å²) in [6.07, 6.45) is -6.59. The van der Waals surface area contributed by atoms with Crippen LogP contribution in [0.5, 0.6) is 5.75 Å². The Morgan fingerprint density at radius 2 is 1.77 bits per heavy atom. The van der Waals surface area contributed by atoms with E-state index >= 15 is 0 Å². The highest BCUT2D eigenvalue weighted by Crippen LogP contribution is 2.39. The fourth-order valence-corrected chi connectivity index (χ4v) is 4.05. The van der Waals surface area contributed by atoms with E-state index in [0.717, 1.165) is 37.6 Å². The van der Waals surface area contributed by atoms with E-state index < -0.39 is 23.5 Å². The number of halogens is 6. The zero-order valence-corrected chi connectivity index (χ0v) is 18.8. The van der Waals surface area contributed by atoms with Gasteiger partial charge in [-0.3, -0.25) is 4.90 Å². The van der Waals surface area contributed by atoms with Gasteiger partial charge in [0.2, 0.25) is 11.7 Å². The summed E-state index contributed by atoms with van der Waals surface area (Å²) in [7, 11) is 1.92. The monoisotopic (exact) mass is 499 g/mol. The number of rotatable bonds is 7. The minimum Gasteiger partial charge on any atom is -0.493 e. The van der Waals surface area contributed by atoms with Crippen LogP contribution >= 0.6 is 0 Å². The number of benzene rings is 2. The van der Waals surface area contributed by atoms with Crippen molar-refractivity contribution in [2.75, 3.05) is 20.2 Å². The van der Waals surface area contributed by atoms with Gasteiger partial charge >= 0.3 is 12.4 Å². The lowest BCUT2D eigenvalue weighted by Gasteiger charge is -2.15. The summed E-state index contributed by atoms with van der Waals surface area (Å²) in [5, 5.41) is 3.86. The first-order valence-electron chi connectivity index (χ1n) is 11.1. The number of likely N-dealkylation sites (tertiary alicyclic amines) is 1. The Kier molecular flexibility index (Phi) is 7.07. The van der Waals surface area contributed by atoms with Crippen molar-refractivity contribution < 1.29 is 35.6 Å². The van der Waals surface area contributed by atoms with Gasteiger partial charge in [0.1, 0.15) is 5.75 Å². The van der Waals surface area contributed by atoms with Gasteiger partial charge in [0.25, 0.3) is 0 Å². The Balaban J connectivity index is 1.42. The van der Waals surface area contributed by atoms with E-state index in [-0.39, 0.29) is 29.8 Å². The van der Waals surface area contributed by atoms with E-state index in [4.69, 9.17) is 9.26 Å². The summed E-state index contributed by atoms with van der Waals surface area (Å²) in [6.45, 7) is 0.843. The molecule has 0 N–H and O–H groups in total. The maximum absolute atomic E-state index is 13.7. The Labute approximate surface area is 197 Å². The third kappa shape index (κ3) is 5.95. The van der Waals surface area contributed by atoms with Gasteiger partial charge in [0.05, 0.1) is 23.8 Å². The van der Waals surface area contributed by atoms with Crippen LogP contribution in [0, 0.1) is 0 Å². The summed E-state index contributed by atoms with van der Waals surface area (Å²) in [5.41, 5.74) is -0.927. The van der Waals surface area contributed by atoms with Crippen molar-refractivity contribution in [2.24, 2.45) is 0 Å². The van der Waals surface area contributed by atoms with Crippen molar-refractivity contribution in [1.82, 2.24) is 15.0 Å². The summed E-state index contributed by atoms with van der Waals surface area (Å²) in [4.78, 5) is 6.35. The van der Waals surface area contributed by atoms with Crippen LogP contribution in [0.25, 0.3) is 11.4 Å². The molecule has 0 amide bonds. The minimum absolute atomic E-state index is 0.0379. The summed E-state index contributed by atoms with van der Waals surface area (Å²) >= 11 is 0. The molecule has 0 unspecified atom stereocenters. The van der Waals surface area contributed by atoms with Gasteiger partial charge in [0, 0.05) is 5.56 Å². The maximum Gasteiger partial charge on any atom is 0.419 e. The third-order valence-corrected chi connectivity index (χ3v) is 5.94. The summed E-state index contributed by atoms with van der Waals surface area (Å²) < 4.78 is 89.8. The average Bonchev–Trinajstić information content (AvgIpc) is 3.45. The molecule has 35 heavy (non-hydrogen) atoms. The van der Waals surface area contributed by atoms with Crippen LogP contribution in [0.4, 0.5) is 26.3 Å². The van der Waals surface area contributed by atoms with Crippen LogP contribution < -0.4 is 4.74 Å². The number of aryl methyl sites for hydroxylation is 1. The normalized spacial score (nSPS) is 17.2. The number of hydrogen-bond donors (Lipinski definition) is 0. The molecule has 2 aromatic carbocycles. The van der Waals surface area contributed by atoms with Crippen molar-refractivity contribution in [1.29, 1.82) is 0 Å². The quantitative estimate of drug-likeness (QED) is 0.273. The zero-order chi connectivity index (χ0) is 25.2. The molecular formula is C24H23F6N3O2. The molecular weight excluding hydrogens is 476 g/mol. The average molecular weight is 499 g/mol. The van der Waals surface area contributed by atoms with Gasteiger partial charge in [-0.2, -0.15) is 31.3 Å². The number of alkyl halides is 6. The molecule has 0 bridgehead atoms. The summed E-state index contributed by atoms with van der Waals surface area (Å²) in [6, 6.07) is 8.18. The topological polar surface area (TPSA) is 51.4 Å². The van der Waals surface area contributed by atoms with Crippen molar-refractivity contribution in [2.45, 2.75) is 44.1 Å². The smallest absolute Gasteiger partial charge is 0.419 e. The largest absolute Gasteiger partial charge is 0.493 e. The second-order valence-electron chi connectivity index (χ2n) is 8.45. The lowest BCUT2D eigenvalue weighted by molar-refractivity contribution is -0.139. The van der Waals surface area contributed by atoms with E-state index in [2.05, 4.69) is 15.0 Å². The number of nitrogens with zero attached hydrogens (tertiary/aromatic N) is 3. The van der Waals surface area contributed by atoms with Crippen LogP contribution in [0.3, 0.4) is 0 Å². The molecule has 1 fully saturated rings. The van der Waals surface area contributed by atoms with E-state index in [0.29, 0.717) is 24.3 Å². The van der Waals surface area contributed by atoms with Gasteiger partial charge < -0.3 is 9.26 Å². The van der Waals surface area contributed by atoms with Gasteiger partial charge in [-0.25, -0.2) is 0 Å². The third-order valence-electron chi connectivity index (χ3n) is 5.94. The van der Waals surface area contributed by atoms with Crippen molar-refractivity contribution in [3.8, 4) is 17.1 Å². The predicted octanol–water partition coefficient (Wildman–Crippen LogP) is 6.55. The second kappa shape index (κ2) is 9.88.